The summed E-state index contributed by atoms with van der Waals surface area (Å²) < 4.78 is 14.1. The third-order valence-corrected chi connectivity index (χ3v) is 6.62. The van der Waals surface area contributed by atoms with Gasteiger partial charge in [-0.3, -0.25) is 24.1 Å². The van der Waals surface area contributed by atoms with E-state index < -0.39 is 47.0 Å². The summed E-state index contributed by atoms with van der Waals surface area (Å²) in [6.07, 6.45) is 0.865. The molecule has 29 heavy (non-hydrogen) atoms. The van der Waals surface area contributed by atoms with Crippen LogP contribution in [0.4, 0.5) is 10.1 Å². The molecule has 0 unspecified atom stereocenters. The SMILES string of the molecule is CC[C@H](C)N1C(=O)[C@H]2[C@@H](C1=O)[C@@]1([NH2+][C@@H]2CCC(N)=O)C(=O)Nc2ccc(F)cc21. The Bertz CT molecular complexity index is 935. The first-order valence-corrected chi connectivity index (χ1v) is 9.85. The Hall–Kier alpha value is -2.81. The Morgan fingerprint density at radius 1 is 1.34 bits per heavy atom. The average molecular weight is 403 g/mol. The van der Waals surface area contributed by atoms with E-state index in [2.05, 4.69) is 5.32 Å². The fourth-order valence-electron chi connectivity index (χ4n) is 5.15. The number of nitrogens with zero attached hydrogens (tertiary/aromatic N) is 1. The number of quaternary nitrogens is 1. The number of primary amides is 1. The van der Waals surface area contributed by atoms with Crippen LogP contribution in [0.3, 0.4) is 0 Å². The molecule has 3 heterocycles. The van der Waals surface area contributed by atoms with Crippen molar-refractivity contribution in [3.63, 3.8) is 0 Å². The first kappa shape index (κ1) is 19.5. The summed E-state index contributed by atoms with van der Waals surface area (Å²) in [5.74, 6) is -3.97. The van der Waals surface area contributed by atoms with Crippen molar-refractivity contribution >= 4 is 29.3 Å². The lowest BCUT2D eigenvalue weighted by Crippen LogP contribution is -2.99. The zero-order chi connectivity index (χ0) is 21.1. The number of rotatable bonds is 5. The lowest BCUT2D eigenvalue weighted by atomic mass is 9.76. The van der Waals surface area contributed by atoms with E-state index >= 15 is 0 Å². The van der Waals surface area contributed by atoms with Crippen LogP contribution in [0.2, 0.25) is 0 Å². The highest BCUT2D eigenvalue weighted by Crippen LogP contribution is 2.50. The van der Waals surface area contributed by atoms with Gasteiger partial charge in [-0.05, 0) is 31.5 Å². The van der Waals surface area contributed by atoms with Crippen LogP contribution in [0.5, 0.6) is 0 Å². The largest absolute Gasteiger partial charge is 0.370 e. The van der Waals surface area contributed by atoms with E-state index in [1.807, 2.05) is 6.92 Å². The topological polar surface area (TPSA) is 126 Å². The molecule has 0 saturated carbocycles. The summed E-state index contributed by atoms with van der Waals surface area (Å²) >= 11 is 0. The molecule has 3 aliphatic rings. The first-order chi connectivity index (χ1) is 13.7. The highest BCUT2D eigenvalue weighted by Gasteiger charge is 2.74. The Morgan fingerprint density at radius 2 is 2.07 bits per heavy atom. The van der Waals surface area contributed by atoms with Gasteiger partial charge in [0.15, 0.2) is 0 Å². The number of likely N-dealkylation sites (tertiary alicyclic amines) is 1. The summed E-state index contributed by atoms with van der Waals surface area (Å²) in [5.41, 5.74) is 4.66. The molecule has 5 N–H and O–H groups in total. The summed E-state index contributed by atoms with van der Waals surface area (Å²) in [6.45, 7) is 3.66. The maximum atomic E-state index is 14.1. The number of imide groups is 1. The van der Waals surface area contributed by atoms with E-state index in [9.17, 15) is 23.6 Å². The van der Waals surface area contributed by atoms with Crippen LogP contribution in [0, 0.1) is 17.7 Å². The highest BCUT2D eigenvalue weighted by molar-refractivity contribution is 6.14. The van der Waals surface area contributed by atoms with Gasteiger partial charge in [0, 0.05) is 24.4 Å². The molecule has 1 spiro atoms. The number of carbonyl (C=O) groups is 4. The van der Waals surface area contributed by atoms with Gasteiger partial charge in [0.2, 0.25) is 23.3 Å². The third kappa shape index (κ3) is 2.60. The highest BCUT2D eigenvalue weighted by atomic mass is 19.1. The maximum absolute atomic E-state index is 14.1. The second-order valence-corrected chi connectivity index (χ2v) is 8.16. The maximum Gasteiger partial charge on any atom is 0.291 e. The minimum absolute atomic E-state index is 0.0307. The van der Waals surface area contributed by atoms with Crippen molar-refractivity contribution < 1.29 is 28.9 Å². The number of carbonyl (C=O) groups excluding carboxylic acids is 4. The van der Waals surface area contributed by atoms with E-state index in [4.69, 9.17) is 5.73 Å². The molecular weight excluding hydrogens is 379 g/mol. The molecule has 0 aliphatic carbocycles. The zero-order valence-electron chi connectivity index (χ0n) is 16.3. The van der Waals surface area contributed by atoms with E-state index in [1.165, 1.54) is 23.1 Å². The van der Waals surface area contributed by atoms with Gasteiger partial charge in [0.1, 0.15) is 23.7 Å². The molecule has 8 nitrogen and oxygen atoms in total. The van der Waals surface area contributed by atoms with Crippen LogP contribution in [-0.4, -0.2) is 40.6 Å². The Labute approximate surface area is 167 Å². The predicted octanol–water partition coefficient (Wildman–Crippen LogP) is -0.416. The van der Waals surface area contributed by atoms with E-state index in [0.29, 0.717) is 17.7 Å². The molecule has 2 fully saturated rings. The van der Waals surface area contributed by atoms with Gasteiger partial charge in [0.25, 0.3) is 5.91 Å². The number of anilines is 1. The summed E-state index contributed by atoms with van der Waals surface area (Å²) in [6, 6.07) is 3.15. The van der Waals surface area contributed by atoms with Crippen LogP contribution in [0.1, 0.15) is 38.7 Å². The molecule has 1 aromatic carbocycles. The van der Waals surface area contributed by atoms with Gasteiger partial charge in [0.05, 0.1) is 5.69 Å². The molecule has 5 atom stereocenters. The van der Waals surface area contributed by atoms with Crippen molar-refractivity contribution in [2.75, 3.05) is 5.32 Å². The van der Waals surface area contributed by atoms with Crippen molar-refractivity contribution in [3.8, 4) is 0 Å². The quantitative estimate of drug-likeness (QED) is 0.578. The fraction of sp³-hybridized carbons (Fsp3) is 0.500. The Balaban J connectivity index is 1.85. The van der Waals surface area contributed by atoms with E-state index in [1.54, 1.807) is 12.2 Å². The Kier molecular flexibility index (Phi) is 4.45. The van der Waals surface area contributed by atoms with Crippen molar-refractivity contribution in [2.24, 2.45) is 17.6 Å². The number of hydrogen-bond acceptors (Lipinski definition) is 4. The fourth-order valence-corrected chi connectivity index (χ4v) is 5.15. The van der Waals surface area contributed by atoms with Gasteiger partial charge in [-0.2, -0.15) is 0 Å². The monoisotopic (exact) mass is 403 g/mol. The van der Waals surface area contributed by atoms with Gasteiger partial charge >= 0.3 is 0 Å². The van der Waals surface area contributed by atoms with Gasteiger partial charge in [-0.1, -0.05) is 6.92 Å². The van der Waals surface area contributed by atoms with Crippen LogP contribution < -0.4 is 16.4 Å². The minimum Gasteiger partial charge on any atom is -0.370 e. The van der Waals surface area contributed by atoms with Crippen LogP contribution in [0.25, 0.3) is 0 Å². The molecular formula is C20H24FN4O4+. The van der Waals surface area contributed by atoms with Crippen LogP contribution in [-0.2, 0) is 24.7 Å². The number of fused-ring (bicyclic) bond motifs is 4. The van der Waals surface area contributed by atoms with Crippen LogP contribution in [0.15, 0.2) is 18.2 Å². The van der Waals surface area contributed by atoms with Crippen molar-refractivity contribution in [2.45, 2.75) is 50.7 Å². The molecule has 9 heteroatoms. The van der Waals surface area contributed by atoms with Crippen molar-refractivity contribution in [1.82, 2.24) is 4.90 Å². The van der Waals surface area contributed by atoms with Crippen molar-refractivity contribution in [1.29, 1.82) is 0 Å². The molecule has 0 radical (unpaired) electrons. The average Bonchev–Trinajstić information content (AvgIpc) is 3.25. The number of nitrogens with two attached hydrogens (primary N) is 2. The lowest BCUT2D eigenvalue weighted by molar-refractivity contribution is -0.734. The molecule has 0 bridgehead atoms. The Morgan fingerprint density at radius 3 is 2.72 bits per heavy atom. The minimum atomic E-state index is -1.43. The molecule has 2 saturated heterocycles. The second-order valence-electron chi connectivity index (χ2n) is 8.16. The molecule has 0 aromatic heterocycles. The summed E-state index contributed by atoms with van der Waals surface area (Å²) in [7, 11) is 0. The predicted molar refractivity (Wildman–Crippen MR) is 99.4 cm³/mol. The third-order valence-electron chi connectivity index (χ3n) is 6.62. The summed E-state index contributed by atoms with van der Waals surface area (Å²) in [5, 5.41) is 4.41. The second kappa shape index (κ2) is 6.62. The van der Waals surface area contributed by atoms with Gasteiger partial charge in [-0.25, -0.2) is 4.39 Å². The normalized spacial score (nSPS) is 31.2. The molecule has 4 amide bonds. The number of hydrogen-bond donors (Lipinski definition) is 3. The number of nitrogens with one attached hydrogen (secondary N) is 1. The molecule has 1 aromatic rings. The van der Waals surface area contributed by atoms with Gasteiger partial charge < -0.3 is 16.4 Å². The number of amides is 4. The summed E-state index contributed by atoms with van der Waals surface area (Å²) in [4.78, 5) is 52.4. The number of halogens is 1. The standard InChI is InChI=1S/C20H23FN4O4/c1-3-9(2)25-17(27)15-13(6-7-14(22)26)24-20(16(15)18(25)28)11-8-10(21)4-5-12(11)23-19(20)29/h4-5,8-9,13,15-16,24H,3,6-7H2,1-2H3,(H2,22,26)(H,23,29)/p+1/t9-,13+,15+,16-,20+/m0/s1. The lowest BCUT2D eigenvalue weighted by Gasteiger charge is -2.28. The molecule has 3 aliphatic heterocycles. The number of benzene rings is 1. The van der Waals surface area contributed by atoms with Gasteiger partial charge in [-0.15, -0.1) is 0 Å². The van der Waals surface area contributed by atoms with Crippen LogP contribution >= 0.6 is 0 Å². The smallest absolute Gasteiger partial charge is 0.291 e. The van der Waals surface area contributed by atoms with E-state index in [0.717, 1.165) is 0 Å². The first-order valence-electron chi connectivity index (χ1n) is 9.85. The molecule has 4 rings (SSSR count). The zero-order valence-corrected chi connectivity index (χ0v) is 16.3. The molecule has 154 valence electrons. The van der Waals surface area contributed by atoms with Crippen molar-refractivity contribution in [3.05, 3.63) is 29.6 Å². The van der Waals surface area contributed by atoms with E-state index in [-0.39, 0.29) is 24.8 Å².